The fraction of sp³-hybridized carbons (Fsp3) is 0.238. The molecule has 1 fully saturated rings. The summed E-state index contributed by atoms with van der Waals surface area (Å²) in [6.45, 7) is 2.46. The summed E-state index contributed by atoms with van der Waals surface area (Å²) in [5.41, 5.74) is 4.15. The van der Waals surface area contributed by atoms with Crippen molar-refractivity contribution in [2.24, 2.45) is 0 Å². The van der Waals surface area contributed by atoms with Crippen LogP contribution < -0.4 is 0 Å². The zero-order chi connectivity index (χ0) is 20.2. The highest BCUT2D eigenvalue weighted by molar-refractivity contribution is 7.13. The average molecular weight is 405 g/mol. The molecule has 3 aromatic heterocycles. The maximum absolute atomic E-state index is 12.6. The van der Waals surface area contributed by atoms with E-state index >= 15 is 0 Å². The molecule has 0 bridgehead atoms. The number of carbonyl (C=O) groups is 1. The van der Waals surface area contributed by atoms with E-state index < -0.39 is 5.60 Å². The smallest absolute Gasteiger partial charge is 0.259 e. The highest BCUT2D eigenvalue weighted by Gasteiger charge is 2.46. The summed E-state index contributed by atoms with van der Waals surface area (Å²) in [7, 11) is 1.72. The number of rotatable bonds is 3. The first-order valence-electron chi connectivity index (χ1n) is 9.31. The van der Waals surface area contributed by atoms with Crippen LogP contribution in [0.3, 0.4) is 0 Å². The number of thiazole rings is 1. The number of benzene rings is 1. The number of carbonyl (C=O) groups excluding carboxylic acids is 1. The van der Waals surface area contributed by atoms with Crippen molar-refractivity contribution in [3.05, 3.63) is 53.3 Å². The van der Waals surface area contributed by atoms with Crippen LogP contribution in [-0.2, 0) is 10.4 Å². The van der Waals surface area contributed by atoms with Gasteiger partial charge in [0.25, 0.3) is 5.91 Å². The summed E-state index contributed by atoms with van der Waals surface area (Å²) in [5.74, 6) is -0.255. The van der Waals surface area contributed by atoms with E-state index in [9.17, 15) is 9.90 Å². The van der Waals surface area contributed by atoms with Crippen LogP contribution in [0.15, 0.2) is 42.2 Å². The topological polar surface area (TPSA) is 95.0 Å². The molecular formula is C21H19N5O2S. The second kappa shape index (κ2) is 6.47. The second-order valence-corrected chi connectivity index (χ2v) is 8.22. The van der Waals surface area contributed by atoms with Crippen LogP contribution >= 0.6 is 11.3 Å². The summed E-state index contributed by atoms with van der Waals surface area (Å²) in [6, 6.07) is 5.80. The number of likely N-dealkylation sites (N-methyl/N-ethyl adjacent to an activating group) is 1. The number of aromatic nitrogens is 4. The second-order valence-electron chi connectivity index (χ2n) is 7.36. The Kier molecular flexibility index (Phi) is 4.01. The number of aromatic amines is 1. The van der Waals surface area contributed by atoms with Crippen molar-refractivity contribution in [1.82, 2.24) is 24.8 Å². The molecule has 0 aliphatic carbocycles. The van der Waals surface area contributed by atoms with E-state index in [0.717, 1.165) is 38.6 Å². The summed E-state index contributed by atoms with van der Waals surface area (Å²) >= 11 is 1.52. The Morgan fingerprint density at radius 3 is 2.90 bits per heavy atom. The molecule has 1 amide bonds. The van der Waals surface area contributed by atoms with Crippen LogP contribution in [0.1, 0.15) is 17.5 Å². The lowest BCUT2D eigenvalue weighted by molar-refractivity contribution is -0.143. The van der Waals surface area contributed by atoms with Crippen LogP contribution in [0.2, 0.25) is 0 Å². The number of amides is 1. The van der Waals surface area contributed by atoms with E-state index in [1.54, 1.807) is 24.3 Å². The molecule has 0 unspecified atom stereocenters. The highest BCUT2D eigenvalue weighted by Crippen LogP contribution is 2.38. The van der Waals surface area contributed by atoms with Gasteiger partial charge < -0.3 is 15.0 Å². The summed E-state index contributed by atoms with van der Waals surface area (Å²) in [5, 5.41) is 13.9. The number of aliphatic hydroxyl groups is 1. The Morgan fingerprint density at radius 1 is 1.28 bits per heavy atom. The lowest BCUT2D eigenvalue weighted by Gasteiger charge is -2.23. The minimum Gasteiger partial charge on any atom is -0.375 e. The largest absolute Gasteiger partial charge is 0.375 e. The molecule has 4 aromatic rings. The van der Waals surface area contributed by atoms with Crippen LogP contribution in [-0.4, -0.2) is 49.4 Å². The van der Waals surface area contributed by atoms with Crippen LogP contribution in [0, 0.1) is 6.92 Å². The number of aryl methyl sites for hydroxylation is 1. The molecule has 7 nitrogen and oxygen atoms in total. The van der Waals surface area contributed by atoms with Gasteiger partial charge in [-0.15, -0.1) is 11.3 Å². The Morgan fingerprint density at radius 2 is 2.10 bits per heavy atom. The van der Waals surface area contributed by atoms with Crippen molar-refractivity contribution in [2.45, 2.75) is 18.9 Å². The first kappa shape index (κ1) is 18.0. The Bertz CT molecular complexity index is 1250. The molecule has 5 rings (SSSR count). The molecule has 1 aliphatic heterocycles. The molecule has 1 aliphatic rings. The third-order valence-electron chi connectivity index (χ3n) is 5.53. The minimum atomic E-state index is -1.47. The monoisotopic (exact) mass is 405 g/mol. The molecule has 0 saturated carbocycles. The van der Waals surface area contributed by atoms with Gasteiger partial charge >= 0.3 is 0 Å². The van der Waals surface area contributed by atoms with Crippen molar-refractivity contribution in [1.29, 1.82) is 0 Å². The third kappa shape index (κ3) is 2.75. The van der Waals surface area contributed by atoms with Crippen LogP contribution in [0.4, 0.5) is 0 Å². The summed E-state index contributed by atoms with van der Waals surface area (Å²) < 4.78 is 0. The van der Waals surface area contributed by atoms with E-state index in [-0.39, 0.29) is 5.91 Å². The Labute approximate surface area is 171 Å². The van der Waals surface area contributed by atoms with Gasteiger partial charge in [-0.1, -0.05) is 12.1 Å². The van der Waals surface area contributed by atoms with E-state index in [1.165, 1.54) is 11.3 Å². The van der Waals surface area contributed by atoms with Crippen molar-refractivity contribution < 1.29 is 9.90 Å². The van der Waals surface area contributed by atoms with Gasteiger partial charge in [-0.25, -0.2) is 9.97 Å². The number of H-pyrrole nitrogens is 1. The predicted molar refractivity (Wildman–Crippen MR) is 111 cm³/mol. The maximum Gasteiger partial charge on any atom is 0.259 e. The van der Waals surface area contributed by atoms with Gasteiger partial charge in [0.2, 0.25) is 0 Å². The lowest BCUT2D eigenvalue weighted by atomic mass is 9.87. The summed E-state index contributed by atoms with van der Waals surface area (Å²) in [4.78, 5) is 30.7. The third-order valence-corrected chi connectivity index (χ3v) is 6.41. The van der Waals surface area contributed by atoms with Gasteiger partial charge in [-0.3, -0.25) is 9.78 Å². The fourth-order valence-electron chi connectivity index (χ4n) is 3.87. The number of nitrogens with zero attached hydrogens (tertiary/aromatic N) is 4. The minimum absolute atomic E-state index is 0.255. The zero-order valence-corrected chi connectivity index (χ0v) is 16.8. The SMILES string of the molecule is Cc1ccc(-c2csc(-c3c[nH]c4nccnc34)n2)cc1[C@@]1(O)CCN(C)C1=O. The molecular weight excluding hydrogens is 386 g/mol. The molecule has 1 atom stereocenters. The highest BCUT2D eigenvalue weighted by atomic mass is 32.1. The van der Waals surface area contributed by atoms with Gasteiger partial charge in [0.05, 0.1) is 11.3 Å². The normalized spacial score (nSPS) is 19.4. The number of nitrogens with one attached hydrogen (secondary N) is 1. The van der Waals surface area contributed by atoms with Gasteiger partial charge in [-0.05, 0) is 24.1 Å². The Balaban J connectivity index is 1.56. The van der Waals surface area contributed by atoms with E-state index in [2.05, 4.69) is 15.0 Å². The Hall–Kier alpha value is -3.10. The van der Waals surface area contributed by atoms with Gasteiger partial charge in [-0.2, -0.15) is 0 Å². The molecule has 146 valence electrons. The molecule has 0 spiro atoms. The fourth-order valence-corrected chi connectivity index (χ4v) is 4.72. The molecule has 8 heteroatoms. The zero-order valence-electron chi connectivity index (χ0n) is 16.0. The molecule has 1 aromatic carbocycles. The van der Waals surface area contributed by atoms with Crippen molar-refractivity contribution >= 4 is 28.4 Å². The van der Waals surface area contributed by atoms with Crippen LogP contribution in [0.25, 0.3) is 33.0 Å². The molecule has 1 saturated heterocycles. The van der Waals surface area contributed by atoms with Gasteiger partial charge in [0, 0.05) is 49.5 Å². The lowest BCUT2D eigenvalue weighted by Crippen LogP contribution is -2.36. The number of likely N-dealkylation sites (tertiary alicyclic amines) is 1. The average Bonchev–Trinajstić information content (AvgIpc) is 3.43. The molecule has 29 heavy (non-hydrogen) atoms. The maximum atomic E-state index is 12.6. The standard InChI is InChI=1S/C21H19N5O2S/c1-12-3-4-13(9-15(12)21(28)5-8-26(2)20(21)27)16-11-29-19(25-16)14-10-24-18-17(14)22-6-7-23-18/h3-4,6-7,9-11,28H,5,8H2,1-2H3,(H,23,24)/t21-/m0/s1. The van der Waals surface area contributed by atoms with Gasteiger partial charge in [0.1, 0.15) is 10.5 Å². The first-order chi connectivity index (χ1) is 14.0. The number of hydrogen-bond donors (Lipinski definition) is 2. The van der Waals surface area contributed by atoms with Crippen molar-refractivity contribution in [3.63, 3.8) is 0 Å². The van der Waals surface area contributed by atoms with E-state index in [0.29, 0.717) is 18.5 Å². The molecule has 4 heterocycles. The number of fused-ring (bicyclic) bond motifs is 1. The van der Waals surface area contributed by atoms with E-state index in [4.69, 9.17) is 4.98 Å². The molecule has 2 N–H and O–H groups in total. The van der Waals surface area contributed by atoms with Gasteiger partial charge in [0.15, 0.2) is 11.2 Å². The van der Waals surface area contributed by atoms with Crippen LogP contribution in [0.5, 0.6) is 0 Å². The van der Waals surface area contributed by atoms with E-state index in [1.807, 2.05) is 36.7 Å². The molecule has 0 radical (unpaired) electrons. The summed E-state index contributed by atoms with van der Waals surface area (Å²) in [6.07, 6.45) is 5.57. The number of hydrogen-bond acceptors (Lipinski definition) is 6. The predicted octanol–water partition coefficient (Wildman–Crippen LogP) is 3.11. The van der Waals surface area contributed by atoms with Crippen molar-refractivity contribution in [3.8, 4) is 21.8 Å². The van der Waals surface area contributed by atoms with Crippen molar-refractivity contribution in [2.75, 3.05) is 13.6 Å². The first-order valence-corrected chi connectivity index (χ1v) is 10.2. The quantitative estimate of drug-likeness (QED) is 0.546.